The molecule has 1 aromatic heterocycles. The van der Waals surface area contributed by atoms with Crippen molar-refractivity contribution in [2.45, 2.75) is 19.1 Å². The van der Waals surface area contributed by atoms with Gasteiger partial charge in [-0.1, -0.05) is 72.3 Å². The Morgan fingerprint density at radius 2 is 1.50 bits per heavy atom. The van der Waals surface area contributed by atoms with Crippen LogP contribution >= 0.6 is 11.6 Å². The summed E-state index contributed by atoms with van der Waals surface area (Å²) in [4.78, 5) is 28.8. The molecular formula is C22H19ClN2O3. The van der Waals surface area contributed by atoms with Gasteiger partial charge in [-0.15, -0.1) is 0 Å². The van der Waals surface area contributed by atoms with E-state index in [1.165, 1.54) is 25.3 Å². The molecule has 0 aliphatic heterocycles. The molecule has 142 valence electrons. The van der Waals surface area contributed by atoms with E-state index in [0.717, 1.165) is 11.1 Å². The maximum atomic E-state index is 12.7. The molecule has 1 atom stereocenters. The maximum absolute atomic E-state index is 12.7. The Morgan fingerprint density at radius 3 is 2.00 bits per heavy atom. The molecule has 0 aliphatic carbocycles. The van der Waals surface area contributed by atoms with Gasteiger partial charge in [-0.3, -0.25) is 4.79 Å². The fraction of sp³-hybridized carbons (Fsp3) is 0.136. The van der Waals surface area contributed by atoms with Gasteiger partial charge in [0.25, 0.3) is 5.91 Å². The molecule has 28 heavy (non-hydrogen) atoms. The molecule has 0 radical (unpaired) electrons. The van der Waals surface area contributed by atoms with Crippen molar-refractivity contribution in [1.82, 2.24) is 10.3 Å². The third-order valence-electron chi connectivity index (χ3n) is 4.17. The predicted octanol–water partition coefficient (Wildman–Crippen LogP) is 4.19. The first-order valence-corrected chi connectivity index (χ1v) is 9.15. The molecule has 3 aromatic rings. The Bertz CT molecular complexity index is 892. The molecule has 0 aliphatic rings. The number of benzene rings is 2. The smallest absolute Gasteiger partial charge is 0.340 e. The molecule has 0 saturated carbocycles. The number of pyridine rings is 1. The zero-order chi connectivity index (χ0) is 19.9. The fourth-order valence-corrected chi connectivity index (χ4v) is 2.80. The van der Waals surface area contributed by atoms with Gasteiger partial charge in [-0.2, -0.15) is 0 Å². The number of aromatic nitrogens is 1. The zero-order valence-electron chi connectivity index (χ0n) is 15.2. The zero-order valence-corrected chi connectivity index (χ0v) is 16.0. The topological polar surface area (TPSA) is 68.3 Å². The van der Waals surface area contributed by atoms with Crippen molar-refractivity contribution in [2.24, 2.45) is 0 Å². The van der Waals surface area contributed by atoms with Gasteiger partial charge in [-0.25, -0.2) is 9.78 Å². The van der Waals surface area contributed by atoms with Crippen LogP contribution in [0.4, 0.5) is 0 Å². The number of nitrogens with zero attached hydrogens (tertiary/aromatic N) is 1. The van der Waals surface area contributed by atoms with Crippen molar-refractivity contribution in [3.05, 3.63) is 101 Å². The highest BCUT2D eigenvalue weighted by atomic mass is 35.5. The van der Waals surface area contributed by atoms with Crippen LogP contribution in [-0.2, 0) is 9.53 Å². The number of hydrogen-bond acceptors (Lipinski definition) is 4. The second-order valence-electron chi connectivity index (χ2n) is 6.18. The molecule has 5 nitrogen and oxygen atoms in total. The molecule has 0 unspecified atom stereocenters. The highest BCUT2D eigenvalue weighted by Gasteiger charge is 2.23. The van der Waals surface area contributed by atoms with Gasteiger partial charge in [0.15, 0.2) is 6.10 Å². The van der Waals surface area contributed by atoms with Crippen molar-refractivity contribution in [3.63, 3.8) is 0 Å². The van der Waals surface area contributed by atoms with Crippen LogP contribution in [0.2, 0.25) is 5.15 Å². The van der Waals surface area contributed by atoms with E-state index < -0.39 is 18.0 Å². The number of esters is 1. The Morgan fingerprint density at radius 1 is 0.929 bits per heavy atom. The van der Waals surface area contributed by atoms with Crippen LogP contribution in [0.3, 0.4) is 0 Å². The predicted molar refractivity (Wildman–Crippen MR) is 107 cm³/mol. The average molecular weight is 395 g/mol. The monoisotopic (exact) mass is 394 g/mol. The Hall–Kier alpha value is -3.18. The van der Waals surface area contributed by atoms with Crippen molar-refractivity contribution >= 4 is 23.5 Å². The fourth-order valence-electron chi connectivity index (χ4n) is 2.69. The molecule has 2 aromatic carbocycles. The molecule has 0 bridgehead atoms. The molecule has 1 amide bonds. The largest absolute Gasteiger partial charge is 0.449 e. The number of halogens is 1. The van der Waals surface area contributed by atoms with Gasteiger partial charge in [0.05, 0.1) is 11.6 Å². The summed E-state index contributed by atoms with van der Waals surface area (Å²) in [6.45, 7) is 1.53. The summed E-state index contributed by atoms with van der Waals surface area (Å²) in [5, 5.41) is 3.24. The summed E-state index contributed by atoms with van der Waals surface area (Å²) in [5.74, 6) is -1.03. The molecular weight excluding hydrogens is 376 g/mol. The first-order chi connectivity index (χ1) is 13.5. The Balaban J connectivity index is 1.72. The van der Waals surface area contributed by atoms with E-state index in [0.29, 0.717) is 0 Å². The highest BCUT2D eigenvalue weighted by molar-refractivity contribution is 6.29. The van der Waals surface area contributed by atoms with Crippen molar-refractivity contribution in [3.8, 4) is 0 Å². The number of hydrogen-bond donors (Lipinski definition) is 1. The van der Waals surface area contributed by atoms with E-state index in [-0.39, 0.29) is 16.8 Å². The Kier molecular flexibility index (Phi) is 6.40. The van der Waals surface area contributed by atoms with Crippen LogP contribution in [-0.4, -0.2) is 23.0 Å². The van der Waals surface area contributed by atoms with Crippen molar-refractivity contribution in [1.29, 1.82) is 0 Å². The van der Waals surface area contributed by atoms with E-state index in [1.54, 1.807) is 0 Å². The summed E-state index contributed by atoms with van der Waals surface area (Å²) in [6, 6.07) is 21.9. The summed E-state index contributed by atoms with van der Waals surface area (Å²) in [7, 11) is 0. The SMILES string of the molecule is C[C@@H](OC(=O)c1ccc(Cl)nc1)C(=O)NC(c1ccccc1)c1ccccc1. The molecule has 1 N–H and O–H groups in total. The number of ether oxygens (including phenoxy) is 1. The lowest BCUT2D eigenvalue weighted by molar-refractivity contribution is -0.129. The van der Waals surface area contributed by atoms with Crippen LogP contribution in [0.1, 0.15) is 34.5 Å². The standard InChI is InChI=1S/C22H19ClN2O3/c1-15(28-22(27)18-12-13-19(23)24-14-18)21(26)25-20(16-8-4-2-5-9-16)17-10-6-3-7-11-17/h2-15,20H,1H3,(H,25,26)/t15-/m1/s1. The number of nitrogens with one attached hydrogen (secondary N) is 1. The first kappa shape index (κ1) is 19.6. The molecule has 1 heterocycles. The van der Waals surface area contributed by atoms with E-state index >= 15 is 0 Å². The average Bonchev–Trinajstić information content (AvgIpc) is 2.73. The van der Waals surface area contributed by atoms with Crippen LogP contribution < -0.4 is 5.32 Å². The molecule has 6 heteroatoms. The third kappa shape index (κ3) is 4.96. The summed E-state index contributed by atoms with van der Waals surface area (Å²) >= 11 is 5.72. The van der Waals surface area contributed by atoms with Crippen LogP contribution in [0.25, 0.3) is 0 Å². The first-order valence-electron chi connectivity index (χ1n) is 8.77. The molecule has 0 spiro atoms. The molecule has 0 saturated heterocycles. The van der Waals surface area contributed by atoms with Gasteiger partial charge in [0.2, 0.25) is 0 Å². The number of carbonyl (C=O) groups excluding carboxylic acids is 2. The van der Waals surface area contributed by atoms with E-state index in [4.69, 9.17) is 16.3 Å². The van der Waals surface area contributed by atoms with Crippen molar-refractivity contribution in [2.75, 3.05) is 0 Å². The third-order valence-corrected chi connectivity index (χ3v) is 4.39. The lowest BCUT2D eigenvalue weighted by atomic mass is 9.98. The van der Waals surface area contributed by atoms with Crippen LogP contribution in [0, 0.1) is 0 Å². The molecule has 3 rings (SSSR count). The summed E-state index contributed by atoms with van der Waals surface area (Å²) in [5.41, 5.74) is 2.09. The van der Waals surface area contributed by atoms with Gasteiger partial charge in [0, 0.05) is 6.20 Å². The minimum Gasteiger partial charge on any atom is -0.449 e. The van der Waals surface area contributed by atoms with E-state index in [1.807, 2.05) is 60.7 Å². The Labute approximate surface area is 168 Å². The second kappa shape index (κ2) is 9.15. The van der Waals surface area contributed by atoms with Gasteiger partial charge < -0.3 is 10.1 Å². The minimum absolute atomic E-state index is 0.228. The van der Waals surface area contributed by atoms with Crippen LogP contribution in [0.15, 0.2) is 79.0 Å². The van der Waals surface area contributed by atoms with Gasteiger partial charge >= 0.3 is 5.97 Å². The number of rotatable bonds is 6. The second-order valence-corrected chi connectivity index (χ2v) is 6.57. The number of amides is 1. The normalized spacial score (nSPS) is 11.7. The summed E-state index contributed by atoms with van der Waals surface area (Å²) in [6.07, 6.45) is 0.338. The van der Waals surface area contributed by atoms with Crippen molar-refractivity contribution < 1.29 is 14.3 Å². The lowest BCUT2D eigenvalue weighted by Gasteiger charge is -2.22. The maximum Gasteiger partial charge on any atom is 0.340 e. The number of carbonyl (C=O) groups is 2. The quantitative estimate of drug-likeness (QED) is 0.503. The molecule has 0 fully saturated rings. The highest BCUT2D eigenvalue weighted by Crippen LogP contribution is 2.22. The lowest BCUT2D eigenvalue weighted by Crippen LogP contribution is -2.38. The van der Waals surface area contributed by atoms with Crippen LogP contribution in [0.5, 0.6) is 0 Å². The summed E-state index contributed by atoms with van der Waals surface area (Å²) < 4.78 is 5.28. The van der Waals surface area contributed by atoms with E-state index in [9.17, 15) is 9.59 Å². The van der Waals surface area contributed by atoms with E-state index in [2.05, 4.69) is 10.3 Å². The minimum atomic E-state index is -0.974. The van der Waals surface area contributed by atoms with Gasteiger partial charge in [0.1, 0.15) is 5.15 Å². The van der Waals surface area contributed by atoms with Gasteiger partial charge in [-0.05, 0) is 30.2 Å².